The number of nitrogens with zero attached hydrogens (tertiary/aromatic N) is 1. The average molecular weight is 365 g/mol. The van der Waals surface area contributed by atoms with E-state index in [2.05, 4.69) is 4.98 Å². The number of pyridine rings is 1. The van der Waals surface area contributed by atoms with Crippen molar-refractivity contribution in [1.29, 1.82) is 0 Å². The normalized spacial score (nSPS) is 12.1. The van der Waals surface area contributed by atoms with E-state index in [1.807, 2.05) is 19.9 Å². The molecule has 7 heteroatoms. The molecule has 4 nitrogen and oxygen atoms in total. The number of esters is 1. The molecule has 0 bridgehead atoms. The van der Waals surface area contributed by atoms with Crippen molar-refractivity contribution in [3.05, 3.63) is 58.8 Å². The van der Waals surface area contributed by atoms with Gasteiger partial charge in [-0.1, -0.05) is 12.1 Å². The van der Waals surface area contributed by atoms with Gasteiger partial charge >= 0.3 is 5.97 Å². The number of carbonyl (C=O) groups excluding carboxylic acids is 2. The monoisotopic (exact) mass is 365 g/mol. The average Bonchev–Trinajstić information content (AvgIpc) is 2.56. The lowest BCUT2D eigenvalue weighted by Gasteiger charge is -2.14. The molecule has 2 aromatic rings. The van der Waals surface area contributed by atoms with E-state index in [0.717, 1.165) is 11.1 Å². The molecule has 0 aliphatic heterocycles. The second-order valence-electron chi connectivity index (χ2n) is 5.45. The highest BCUT2D eigenvalue weighted by atomic mass is 32.2. The fraction of sp³-hybridized carbons (Fsp3) is 0.278. The Morgan fingerprint density at radius 3 is 2.52 bits per heavy atom. The van der Waals surface area contributed by atoms with Gasteiger partial charge in [-0.2, -0.15) is 8.78 Å². The van der Waals surface area contributed by atoms with Gasteiger partial charge in [-0.3, -0.25) is 4.79 Å². The van der Waals surface area contributed by atoms with E-state index in [4.69, 9.17) is 4.74 Å². The summed E-state index contributed by atoms with van der Waals surface area (Å²) in [5.74, 6) is -3.93. The zero-order valence-electron chi connectivity index (χ0n) is 14.0. The van der Waals surface area contributed by atoms with Gasteiger partial charge in [0.15, 0.2) is 6.10 Å². The summed E-state index contributed by atoms with van der Waals surface area (Å²) in [4.78, 5) is 28.4. The van der Waals surface area contributed by atoms with Crippen LogP contribution in [0, 0.1) is 13.8 Å². The smallest absolute Gasteiger partial charge is 0.341 e. The first-order chi connectivity index (χ1) is 11.8. The van der Waals surface area contributed by atoms with Crippen molar-refractivity contribution < 1.29 is 23.1 Å². The molecule has 0 amide bonds. The van der Waals surface area contributed by atoms with Crippen LogP contribution in [0.15, 0.2) is 41.6 Å². The molecule has 0 N–H and O–H groups in total. The number of benzene rings is 1. The van der Waals surface area contributed by atoms with Crippen molar-refractivity contribution in [1.82, 2.24) is 4.98 Å². The molecule has 0 aliphatic rings. The quantitative estimate of drug-likeness (QED) is 0.430. The summed E-state index contributed by atoms with van der Waals surface area (Å²) in [5.41, 5.74) is 2.33. The lowest BCUT2D eigenvalue weighted by Crippen LogP contribution is -2.25. The van der Waals surface area contributed by atoms with Crippen LogP contribution in [0.2, 0.25) is 0 Å². The van der Waals surface area contributed by atoms with E-state index in [9.17, 15) is 18.4 Å². The summed E-state index contributed by atoms with van der Waals surface area (Å²) in [6.07, 6.45) is 0.268. The lowest BCUT2D eigenvalue weighted by molar-refractivity contribution is 0.0314. The molecule has 0 saturated carbocycles. The minimum atomic E-state index is -2.71. The Kier molecular flexibility index (Phi) is 6.25. The van der Waals surface area contributed by atoms with Crippen LogP contribution in [-0.2, 0) is 4.74 Å². The number of Topliss-reactive ketones (excluding diaryl/α,β-unsaturated/α-hetero) is 1. The van der Waals surface area contributed by atoms with Gasteiger partial charge in [-0.05, 0) is 61.9 Å². The summed E-state index contributed by atoms with van der Waals surface area (Å²) in [6, 6.07) is 7.99. The maximum absolute atomic E-state index is 12.6. The lowest BCUT2D eigenvalue weighted by atomic mass is 10.0. The minimum Gasteiger partial charge on any atom is -0.451 e. The molecular weight excluding hydrogens is 348 g/mol. The van der Waals surface area contributed by atoms with Crippen LogP contribution in [-0.4, -0.2) is 28.6 Å². The summed E-state index contributed by atoms with van der Waals surface area (Å²) < 4.78 is 30.3. The van der Waals surface area contributed by atoms with Crippen molar-refractivity contribution in [2.75, 3.05) is 0 Å². The molecule has 0 fully saturated rings. The highest BCUT2D eigenvalue weighted by molar-refractivity contribution is 7.99. The Balaban J connectivity index is 2.14. The Morgan fingerprint density at radius 2 is 1.88 bits per heavy atom. The van der Waals surface area contributed by atoms with Gasteiger partial charge in [-0.25, -0.2) is 9.78 Å². The van der Waals surface area contributed by atoms with E-state index in [1.54, 1.807) is 12.1 Å². The minimum absolute atomic E-state index is 0.0902. The van der Waals surface area contributed by atoms with E-state index >= 15 is 0 Å². The zero-order chi connectivity index (χ0) is 18.6. The maximum atomic E-state index is 12.6. The Bertz CT molecular complexity index is 796. The highest BCUT2D eigenvalue weighted by Gasteiger charge is 2.23. The Labute approximate surface area is 148 Å². The van der Waals surface area contributed by atoms with Crippen molar-refractivity contribution in [3.8, 4) is 0 Å². The third-order valence-electron chi connectivity index (χ3n) is 3.64. The largest absolute Gasteiger partial charge is 0.451 e. The second-order valence-corrected chi connectivity index (χ2v) is 6.42. The van der Waals surface area contributed by atoms with Crippen molar-refractivity contribution in [3.63, 3.8) is 0 Å². The number of carbonyl (C=O) groups is 2. The summed E-state index contributed by atoms with van der Waals surface area (Å²) in [6.45, 7) is 5.26. The van der Waals surface area contributed by atoms with Crippen molar-refractivity contribution in [2.45, 2.75) is 37.7 Å². The van der Waals surface area contributed by atoms with Gasteiger partial charge in [0.1, 0.15) is 5.03 Å². The Hall–Kier alpha value is -2.28. The molecule has 0 saturated heterocycles. The summed E-state index contributed by atoms with van der Waals surface area (Å²) in [5, 5.41) is -0.131. The van der Waals surface area contributed by atoms with Crippen LogP contribution in [0.1, 0.15) is 38.8 Å². The van der Waals surface area contributed by atoms with E-state index in [1.165, 1.54) is 25.3 Å². The van der Waals surface area contributed by atoms with Gasteiger partial charge < -0.3 is 4.74 Å². The second kappa shape index (κ2) is 8.20. The zero-order valence-corrected chi connectivity index (χ0v) is 14.8. The van der Waals surface area contributed by atoms with Crippen LogP contribution < -0.4 is 0 Å². The molecule has 1 aromatic carbocycles. The van der Waals surface area contributed by atoms with Gasteiger partial charge in [0.25, 0.3) is 5.76 Å². The molecule has 1 aromatic heterocycles. The maximum Gasteiger partial charge on any atom is 0.341 e. The van der Waals surface area contributed by atoms with Crippen LogP contribution >= 0.6 is 11.8 Å². The molecule has 0 radical (unpaired) electrons. The number of halogens is 2. The number of ether oxygens (including phenoxy) is 1. The van der Waals surface area contributed by atoms with E-state index < -0.39 is 17.8 Å². The highest BCUT2D eigenvalue weighted by Crippen LogP contribution is 2.27. The third kappa shape index (κ3) is 4.85. The molecule has 1 unspecified atom stereocenters. The molecule has 1 heterocycles. The number of alkyl halides is 2. The molecular formula is C18H17F2NO3S. The van der Waals surface area contributed by atoms with Crippen LogP contribution in [0.4, 0.5) is 8.78 Å². The predicted octanol–water partition coefficient (Wildman–Crippen LogP) is 4.44. The first-order valence-electron chi connectivity index (χ1n) is 7.52. The molecule has 132 valence electrons. The van der Waals surface area contributed by atoms with Gasteiger partial charge in [0.05, 0.1) is 5.56 Å². The summed E-state index contributed by atoms with van der Waals surface area (Å²) >= 11 is 0.159. The number of aryl methyl sites for hydroxylation is 2. The first kappa shape index (κ1) is 19.1. The summed E-state index contributed by atoms with van der Waals surface area (Å²) in [7, 11) is 0. The van der Waals surface area contributed by atoms with Gasteiger partial charge in [-0.15, -0.1) is 0 Å². The molecule has 1 atom stereocenters. The van der Waals surface area contributed by atoms with E-state index in [-0.39, 0.29) is 28.1 Å². The molecule has 0 spiro atoms. The number of aromatic nitrogens is 1. The molecule has 0 aliphatic carbocycles. The standard InChI is InChI=1S/C18H17F2NO3S/c1-10-6-7-13(9-11(10)2)15(22)12(3)24-17(23)14-5-4-8-21-16(14)25-18(19)20/h4-9,12,18H,1-3H3. The molecule has 25 heavy (non-hydrogen) atoms. The van der Waals surface area contributed by atoms with Crippen molar-refractivity contribution >= 4 is 23.5 Å². The van der Waals surface area contributed by atoms with E-state index in [0.29, 0.717) is 5.56 Å². The number of hydrogen-bond acceptors (Lipinski definition) is 5. The SMILES string of the molecule is Cc1ccc(C(=O)C(C)OC(=O)c2cccnc2SC(F)F)cc1C. The number of ketones is 1. The van der Waals surface area contributed by atoms with Crippen molar-refractivity contribution in [2.24, 2.45) is 0 Å². The predicted molar refractivity (Wildman–Crippen MR) is 91.2 cm³/mol. The first-order valence-corrected chi connectivity index (χ1v) is 8.40. The topological polar surface area (TPSA) is 56.3 Å². The van der Waals surface area contributed by atoms with Gasteiger partial charge in [0, 0.05) is 11.8 Å². The number of hydrogen-bond donors (Lipinski definition) is 0. The Morgan fingerprint density at radius 1 is 1.16 bits per heavy atom. The van der Waals surface area contributed by atoms with Crippen LogP contribution in [0.25, 0.3) is 0 Å². The van der Waals surface area contributed by atoms with Gasteiger partial charge in [0.2, 0.25) is 5.78 Å². The van der Waals surface area contributed by atoms with Crippen LogP contribution in [0.3, 0.4) is 0 Å². The van der Waals surface area contributed by atoms with Crippen LogP contribution in [0.5, 0.6) is 0 Å². The molecule has 2 rings (SSSR count). The fourth-order valence-corrected chi connectivity index (χ4v) is 2.70. The number of rotatable bonds is 6. The third-order valence-corrected chi connectivity index (χ3v) is 4.36. The number of thioether (sulfide) groups is 1. The fourth-order valence-electron chi connectivity index (χ4n) is 2.13.